The molecule has 0 saturated carbocycles. The predicted molar refractivity (Wildman–Crippen MR) is 92.4 cm³/mol. The van der Waals surface area contributed by atoms with Crippen LogP contribution >= 0.6 is 11.6 Å². The lowest BCUT2D eigenvalue weighted by Crippen LogP contribution is -2.31. The van der Waals surface area contributed by atoms with E-state index in [0.29, 0.717) is 22.8 Å². The monoisotopic (exact) mass is 360 g/mol. The highest BCUT2D eigenvalue weighted by molar-refractivity contribution is 6.30. The van der Waals surface area contributed by atoms with Crippen LogP contribution in [0, 0.1) is 5.92 Å². The Kier molecular flexibility index (Phi) is 5.24. The van der Waals surface area contributed by atoms with Crippen molar-refractivity contribution in [2.24, 2.45) is 5.92 Å². The minimum atomic E-state index is -0.451. The van der Waals surface area contributed by atoms with Crippen molar-refractivity contribution in [1.82, 2.24) is 0 Å². The quantitative estimate of drug-likeness (QED) is 0.604. The molecule has 0 spiro atoms. The Balaban J connectivity index is 1.56. The van der Waals surface area contributed by atoms with Crippen LogP contribution in [0.1, 0.15) is 15.9 Å². The molecule has 1 heterocycles. The van der Waals surface area contributed by atoms with Gasteiger partial charge in [0.1, 0.15) is 18.1 Å². The molecule has 0 amide bonds. The lowest BCUT2D eigenvalue weighted by atomic mass is 9.97. The third-order valence-electron chi connectivity index (χ3n) is 4.02. The van der Waals surface area contributed by atoms with E-state index < -0.39 is 11.9 Å². The van der Waals surface area contributed by atoms with Gasteiger partial charge in [0.05, 0.1) is 13.0 Å². The summed E-state index contributed by atoms with van der Waals surface area (Å²) in [6.07, 6.45) is 0.478. The van der Waals surface area contributed by atoms with Crippen LogP contribution in [-0.4, -0.2) is 32.1 Å². The number of methoxy groups -OCH3 is 1. The summed E-state index contributed by atoms with van der Waals surface area (Å²) in [5.41, 5.74) is 1.33. The average Bonchev–Trinajstić information content (AvgIpc) is 2.65. The van der Waals surface area contributed by atoms with Crippen LogP contribution in [0.5, 0.6) is 11.5 Å². The van der Waals surface area contributed by atoms with E-state index in [4.69, 9.17) is 25.8 Å². The molecule has 1 aliphatic rings. The maximum Gasteiger partial charge on any atom is 0.313 e. The van der Waals surface area contributed by atoms with Gasteiger partial charge >= 0.3 is 5.97 Å². The van der Waals surface area contributed by atoms with Crippen molar-refractivity contribution in [3.8, 4) is 11.5 Å². The fraction of sp³-hybridized carbons (Fsp3) is 0.263. The summed E-state index contributed by atoms with van der Waals surface area (Å²) in [4.78, 5) is 24.3. The molecule has 0 saturated heterocycles. The summed E-state index contributed by atoms with van der Waals surface area (Å²) in [5, 5.41) is 0.589. The van der Waals surface area contributed by atoms with Crippen LogP contribution in [0.3, 0.4) is 0 Å². The number of benzene rings is 2. The van der Waals surface area contributed by atoms with Gasteiger partial charge < -0.3 is 14.2 Å². The molecule has 25 heavy (non-hydrogen) atoms. The highest BCUT2D eigenvalue weighted by atomic mass is 35.5. The van der Waals surface area contributed by atoms with Gasteiger partial charge in [-0.3, -0.25) is 9.59 Å². The van der Waals surface area contributed by atoms with Gasteiger partial charge in [0.15, 0.2) is 12.4 Å². The van der Waals surface area contributed by atoms with Gasteiger partial charge in [-0.15, -0.1) is 0 Å². The molecule has 0 aromatic heterocycles. The number of ether oxygens (including phenoxy) is 3. The van der Waals surface area contributed by atoms with Crippen LogP contribution in [-0.2, 0) is 16.0 Å². The molecule has 0 unspecified atom stereocenters. The highest BCUT2D eigenvalue weighted by Gasteiger charge is 2.28. The second-order valence-electron chi connectivity index (χ2n) is 5.72. The SMILES string of the molecule is COc1ccc(C(=O)COC(=O)[C@@H]2COc3ccc(Cl)cc3C2)cc1. The smallest absolute Gasteiger partial charge is 0.313 e. The van der Waals surface area contributed by atoms with Crippen LogP contribution < -0.4 is 9.47 Å². The molecule has 2 aromatic rings. The summed E-state index contributed by atoms with van der Waals surface area (Å²) in [6, 6.07) is 11.9. The van der Waals surface area contributed by atoms with Crippen molar-refractivity contribution in [3.63, 3.8) is 0 Å². The Labute approximate surface area is 150 Å². The number of rotatable bonds is 5. The summed E-state index contributed by atoms with van der Waals surface area (Å²) < 4.78 is 15.8. The molecule has 6 heteroatoms. The summed E-state index contributed by atoms with van der Waals surface area (Å²) >= 11 is 5.97. The molecule has 5 nitrogen and oxygen atoms in total. The number of carbonyl (C=O) groups is 2. The first kappa shape index (κ1) is 17.3. The molecule has 0 radical (unpaired) electrons. The van der Waals surface area contributed by atoms with Gasteiger partial charge in [0.2, 0.25) is 0 Å². The second kappa shape index (κ2) is 7.57. The third-order valence-corrected chi connectivity index (χ3v) is 4.25. The number of ketones is 1. The fourth-order valence-corrected chi connectivity index (χ4v) is 2.82. The van der Waals surface area contributed by atoms with E-state index in [0.717, 1.165) is 11.3 Å². The number of halogens is 1. The Hall–Kier alpha value is -2.53. The van der Waals surface area contributed by atoms with E-state index in [2.05, 4.69) is 0 Å². The van der Waals surface area contributed by atoms with Gasteiger partial charge in [-0.1, -0.05) is 11.6 Å². The maximum atomic E-state index is 12.2. The van der Waals surface area contributed by atoms with Gasteiger partial charge in [-0.25, -0.2) is 0 Å². The Morgan fingerprint density at radius 1 is 1.20 bits per heavy atom. The molecule has 0 fully saturated rings. The minimum absolute atomic E-state index is 0.226. The molecule has 1 atom stereocenters. The van der Waals surface area contributed by atoms with Crippen LogP contribution in [0.2, 0.25) is 5.02 Å². The lowest BCUT2D eigenvalue weighted by molar-refractivity contribution is -0.148. The maximum absolute atomic E-state index is 12.2. The van der Waals surface area contributed by atoms with Gasteiger partial charge in [-0.2, -0.15) is 0 Å². The molecule has 0 aliphatic carbocycles. The van der Waals surface area contributed by atoms with Crippen molar-refractivity contribution >= 4 is 23.4 Å². The molecular formula is C19H17ClO5. The van der Waals surface area contributed by atoms with Crippen molar-refractivity contribution < 1.29 is 23.8 Å². The predicted octanol–water partition coefficient (Wildman–Crippen LogP) is 3.33. The second-order valence-corrected chi connectivity index (χ2v) is 6.16. The molecule has 1 aliphatic heterocycles. The largest absolute Gasteiger partial charge is 0.497 e. The van der Waals surface area contributed by atoms with E-state index in [1.54, 1.807) is 49.6 Å². The zero-order valence-corrected chi connectivity index (χ0v) is 14.4. The van der Waals surface area contributed by atoms with Gasteiger partial charge in [0, 0.05) is 10.6 Å². The molecule has 0 bridgehead atoms. The Morgan fingerprint density at radius 2 is 1.96 bits per heavy atom. The van der Waals surface area contributed by atoms with Gasteiger partial charge in [-0.05, 0) is 54.4 Å². The number of hydrogen-bond acceptors (Lipinski definition) is 5. The fourth-order valence-electron chi connectivity index (χ4n) is 2.63. The summed E-state index contributed by atoms with van der Waals surface area (Å²) in [5.74, 6) is 0.214. The summed E-state index contributed by atoms with van der Waals surface area (Å²) in [6.45, 7) is -0.0751. The first-order chi connectivity index (χ1) is 12.1. The first-order valence-corrected chi connectivity index (χ1v) is 8.19. The number of carbonyl (C=O) groups excluding carboxylic acids is 2. The number of esters is 1. The zero-order valence-electron chi connectivity index (χ0n) is 13.7. The molecule has 130 valence electrons. The van der Waals surface area contributed by atoms with Crippen molar-refractivity contribution in [1.29, 1.82) is 0 Å². The Bertz CT molecular complexity index is 785. The lowest BCUT2D eigenvalue weighted by Gasteiger charge is -2.24. The zero-order chi connectivity index (χ0) is 17.8. The summed E-state index contributed by atoms with van der Waals surface area (Å²) in [7, 11) is 1.55. The number of hydrogen-bond donors (Lipinski definition) is 0. The molecular weight excluding hydrogens is 344 g/mol. The number of Topliss-reactive ketones (excluding diaryl/α,β-unsaturated/α-hetero) is 1. The van der Waals surface area contributed by atoms with E-state index in [1.165, 1.54) is 0 Å². The number of fused-ring (bicyclic) bond motifs is 1. The third kappa shape index (κ3) is 4.12. The van der Waals surface area contributed by atoms with E-state index >= 15 is 0 Å². The molecule has 3 rings (SSSR count). The Morgan fingerprint density at radius 3 is 2.68 bits per heavy atom. The minimum Gasteiger partial charge on any atom is -0.497 e. The molecule has 0 N–H and O–H groups in total. The van der Waals surface area contributed by atoms with Crippen LogP contribution in [0.15, 0.2) is 42.5 Å². The molecule has 2 aromatic carbocycles. The van der Waals surface area contributed by atoms with Crippen molar-refractivity contribution in [3.05, 3.63) is 58.6 Å². The normalized spacial score (nSPS) is 15.7. The highest BCUT2D eigenvalue weighted by Crippen LogP contribution is 2.30. The van der Waals surface area contributed by atoms with Crippen LogP contribution in [0.4, 0.5) is 0 Å². The van der Waals surface area contributed by atoms with E-state index in [9.17, 15) is 9.59 Å². The first-order valence-electron chi connectivity index (χ1n) is 7.82. The van der Waals surface area contributed by atoms with Crippen molar-refractivity contribution in [2.45, 2.75) is 6.42 Å². The van der Waals surface area contributed by atoms with E-state index in [-0.39, 0.29) is 19.0 Å². The van der Waals surface area contributed by atoms with Crippen LogP contribution in [0.25, 0.3) is 0 Å². The van der Waals surface area contributed by atoms with Gasteiger partial charge in [0.25, 0.3) is 0 Å². The standard InChI is InChI=1S/C19H17ClO5/c1-23-16-5-2-12(3-6-16)17(21)11-25-19(22)14-8-13-9-15(20)4-7-18(13)24-10-14/h2-7,9,14H,8,10-11H2,1H3/t14-/m0/s1. The average molecular weight is 361 g/mol. The topological polar surface area (TPSA) is 61.8 Å². The van der Waals surface area contributed by atoms with Crippen molar-refractivity contribution in [2.75, 3.05) is 20.3 Å². The van der Waals surface area contributed by atoms with E-state index in [1.807, 2.05) is 0 Å².